The Balaban J connectivity index is 1.99. The Morgan fingerprint density at radius 2 is 2.00 bits per heavy atom. The summed E-state index contributed by atoms with van der Waals surface area (Å²) < 4.78 is 0. The number of rotatable bonds is 2. The number of H-pyrrole nitrogens is 1. The van der Waals surface area contributed by atoms with Crippen molar-refractivity contribution in [2.45, 2.75) is 32.6 Å². The molecule has 0 atom stereocenters. The zero-order valence-electron chi connectivity index (χ0n) is 11.0. The topological polar surface area (TPSA) is 57.8 Å². The van der Waals surface area contributed by atoms with Crippen LogP contribution >= 0.6 is 0 Å². The minimum atomic E-state index is 0.0580. The minimum absolute atomic E-state index is 0.0580. The highest BCUT2D eigenvalue weighted by atomic mass is 16.1. The van der Waals surface area contributed by atoms with Gasteiger partial charge in [0.15, 0.2) is 0 Å². The maximum atomic E-state index is 11.8. The molecule has 0 amide bonds. The van der Waals surface area contributed by atoms with Crippen molar-refractivity contribution in [3.05, 3.63) is 51.7 Å². The normalized spacial score (nSPS) is 13.9. The van der Waals surface area contributed by atoms with E-state index < -0.39 is 0 Å². The van der Waals surface area contributed by atoms with Crippen molar-refractivity contribution in [2.24, 2.45) is 0 Å². The molecule has 2 aromatic rings. The van der Waals surface area contributed by atoms with Crippen LogP contribution in [-0.2, 0) is 12.8 Å². The number of hydrogen-bond donors (Lipinski definition) is 2. The summed E-state index contributed by atoms with van der Waals surface area (Å²) in [4.78, 5) is 18.8. The Kier molecular flexibility index (Phi) is 3.07. The van der Waals surface area contributed by atoms with Gasteiger partial charge in [0.05, 0.1) is 17.6 Å². The summed E-state index contributed by atoms with van der Waals surface area (Å²) in [6.45, 7) is 2.01. The van der Waals surface area contributed by atoms with Crippen molar-refractivity contribution >= 4 is 11.4 Å². The second kappa shape index (κ2) is 4.88. The molecule has 0 bridgehead atoms. The summed E-state index contributed by atoms with van der Waals surface area (Å²) in [6.07, 6.45) is 9.51. The third kappa shape index (κ3) is 2.38. The largest absolute Gasteiger partial charge is 0.353 e. The van der Waals surface area contributed by atoms with Crippen LogP contribution in [0.3, 0.4) is 0 Å². The molecular weight excluding hydrogens is 238 g/mol. The molecule has 0 aromatic carbocycles. The number of hydrogen-bond acceptors (Lipinski definition) is 3. The summed E-state index contributed by atoms with van der Waals surface area (Å²) in [5.74, 6) is 0. The van der Waals surface area contributed by atoms with E-state index in [1.54, 1.807) is 12.4 Å². The number of fused-ring (bicyclic) bond motifs is 1. The van der Waals surface area contributed by atoms with Gasteiger partial charge >= 0.3 is 0 Å². The molecule has 3 rings (SSSR count). The fraction of sp³-hybridized carbons (Fsp3) is 0.333. The Morgan fingerprint density at radius 1 is 1.21 bits per heavy atom. The minimum Gasteiger partial charge on any atom is -0.353 e. The SMILES string of the molecule is Cc1cncc(Nc2c[nH]c(=O)c3c2CCCC3)c1. The van der Waals surface area contributed by atoms with Crippen LogP contribution < -0.4 is 10.9 Å². The van der Waals surface area contributed by atoms with Gasteiger partial charge in [0.2, 0.25) is 0 Å². The molecule has 2 heterocycles. The molecule has 1 aliphatic rings. The maximum Gasteiger partial charge on any atom is 0.251 e. The molecule has 2 N–H and O–H groups in total. The molecule has 0 saturated carbocycles. The molecule has 0 spiro atoms. The van der Waals surface area contributed by atoms with Gasteiger partial charge in [-0.1, -0.05) is 0 Å². The number of nitrogens with one attached hydrogen (secondary N) is 2. The van der Waals surface area contributed by atoms with E-state index in [0.29, 0.717) is 0 Å². The van der Waals surface area contributed by atoms with Gasteiger partial charge in [0.25, 0.3) is 5.56 Å². The van der Waals surface area contributed by atoms with Gasteiger partial charge in [-0.15, -0.1) is 0 Å². The molecule has 19 heavy (non-hydrogen) atoms. The highest BCUT2D eigenvalue weighted by Gasteiger charge is 2.16. The summed E-state index contributed by atoms with van der Waals surface area (Å²) in [6, 6.07) is 2.05. The van der Waals surface area contributed by atoms with Crippen molar-refractivity contribution in [3.8, 4) is 0 Å². The molecule has 1 aliphatic carbocycles. The molecule has 0 fully saturated rings. The Hall–Kier alpha value is -2.10. The van der Waals surface area contributed by atoms with E-state index in [4.69, 9.17) is 0 Å². The first-order valence-corrected chi connectivity index (χ1v) is 6.66. The van der Waals surface area contributed by atoms with Crippen molar-refractivity contribution in [3.63, 3.8) is 0 Å². The Bertz CT molecular complexity index is 661. The Morgan fingerprint density at radius 3 is 2.79 bits per heavy atom. The van der Waals surface area contributed by atoms with E-state index in [9.17, 15) is 4.79 Å². The van der Waals surface area contributed by atoms with Crippen LogP contribution in [0, 0.1) is 6.92 Å². The first-order valence-electron chi connectivity index (χ1n) is 6.66. The molecule has 0 aliphatic heterocycles. The summed E-state index contributed by atoms with van der Waals surface area (Å²) >= 11 is 0. The van der Waals surface area contributed by atoms with Crippen molar-refractivity contribution in [2.75, 3.05) is 5.32 Å². The van der Waals surface area contributed by atoms with E-state index in [1.807, 2.05) is 19.2 Å². The zero-order chi connectivity index (χ0) is 13.2. The van der Waals surface area contributed by atoms with Gasteiger partial charge in [0, 0.05) is 18.0 Å². The Labute approximate surface area is 111 Å². The number of nitrogens with zero attached hydrogens (tertiary/aromatic N) is 1. The monoisotopic (exact) mass is 255 g/mol. The standard InChI is InChI=1S/C15H17N3O/c1-10-6-11(8-16-7-10)18-14-9-17-15(19)13-5-3-2-4-12(13)14/h6-9,18H,2-5H2,1H3,(H,17,19). The molecule has 2 aromatic heterocycles. The van der Waals surface area contributed by atoms with Gasteiger partial charge in [-0.3, -0.25) is 9.78 Å². The highest BCUT2D eigenvalue weighted by Crippen LogP contribution is 2.27. The van der Waals surface area contributed by atoms with Gasteiger partial charge in [-0.05, 0) is 49.8 Å². The van der Waals surface area contributed by atoms with E-state index in [1.165, 1.54) is 0 Å². The van der Waals surface area contributed by atoms with Crippen molar-refractivity contribution < 1.29 is 0 Å². The van der Waals surface area contributed by atoms with Crippen LogP contribution in [-0.4, -0.2) is 9.97 Å². The van der Waals surface area contributed by atoms with Crippen LogP contribution in [0.25, 0.3) is 0 Å². The molecular formula is C15H17N3O. The number of anilines is 2. The van der Waals surface area contributed by atoms with E-state index in [-0.39, 0.29) is 5.56 Å². The first kappa shape index (κ1) is 12.0. The van der Waals surface area contributed by atoms with Gasteiger partial charge in [-0.25, -0.2) is 0 Å². The second-order valence-electron chi connectivity index (χ2n) is 5.07. The predicted octanol–water partition coefficient (Wildman–Crippen LogP) is 2.70. The maximum absolute atomic E-state index is 11.8. The van der Waals surface area contributed by atoms with Crippen LogP contribution in [0.4, 0.5) is 11.4 Å². The number of aryl methyl sites for hydroxylation is 1. The summed E-state index contributed by atoms with van der Waals surface area (Å²) in [5, 5.41) is 3.37. The van der Waals surface area contributed by atoms with Crippen LogP contribution in [0.5, 0.6) is 0 Å². The van der Waals surface area contributed by atoms with E-state index in [2.05, 4.69) is 15.3 Å². The lowest BCUT2D eigenvalue weighted by Crippen LogP contribution is -2.20. The lowest BCUT2D eigenvalue weighted by Gasteiger charge is -2.19. The predicted molar refractivity (Wildman–Crippen MR) is 76.0 cm³/mol. The number of aromatic amines is 1. The van der Waals surface area contributed by atoms with Crippen LogP contribution in [0.1, 0.15) is 29.5 Å². The lowest BCUT2D eigenvalue weighted by atomic mass is 9.92. The van der Waals surface area contributed by atoms with E-state index in [0.717, 1.165) is 53.7 Å². The van der Waals surface area contributed by atoms with Crippen LogP contribution in [0.2, 0.25) is 0 Å². The van der Waals surface area contributed by atoms with Gasteiger partial charge in [0.1, 0.15) is 0 Å². The number of aromatic nitrogens is 2. The quantitative estimate of drug-likeness (QED) is 0.867. The third-order valence-electron chi connectivity index (χ3n) is 3.57. The molecule has 4 nitrogen and oxygen atoms in total. The third-order valence-corrected chi connectivity index (χ3v) is 3.57. The first-order chi connectivity index (χ1) is 9.24. The molecule has 0 unspecified atom stereocenters. The van der Waals surface area contributed by atoms with E-state index >= 15 is 0 Å². The average molecular weight is 255 g/mol. The molecule has 4 heteroatoms. The fourth-order valence-electron chi connectivity index (χ4n) is 2.66. The van der Waals surface area contributed by atoms with Crippen LogP contribution in [0.15, 0.2) is 29.5 Å². The summed E-state index contributed by atoms with van der Waals surface area (Å²) in [5.41, 5.74) is 5.24. The average Bonchev–Trinajstić information content (AvgIpc) is 2.42. The summed E-state index contributed by atoms with van der Waals surface area (Å²) in [7, 11) is 0. The van der Waals surface area contributed by atoms with Gasteiger partial charge < -0.3 is 10.3 Å². The number of pyridine rings is 2. The van der Waals surface area contributed by atoms with Crippen molar-refractivity contribution in [1.29, 1.82) is 0 Å². The van der Waals surface area contributed by atoms with Crippen molar-refractivity contribution in [1.82, 2.24) is 9.97 Å². The zero-order valence-corrected chi connectivity index (χ0v) is 11.0. The highest BCUT2D eigenvalue weighted by molar-refractivity contribution is 5.63. The van der Waals surface area contributed by atoms with Gasteiger partial charge in [-0.2, -0.15) is 0 Å². The smallest absolute Gasteiger partial charge is 0.251 e. The lowest BCUT2D eigenvalue weighted by molar-refractivity contribution is 0.678. The fourth-order valence-corrected chi connectivity index (χ4v) is 2.66. The molecule has 0 saturated heterocycles. The molecule has 98 valence electrons. The second-order valence-corrected chi connectivity index (χ2v) is 5.07. The molecule has 0 radical (unpaired) electrons.